The topological polar surface area (TPSA) is 75.6 Å². The van der Waals surface area contributed by atoms with E-state index < -0.39 is 10.0 Å². The summed E-state index contributed by atoms with van der Waals surface area (Å²) >= 11 is 0. The van der Waals surface area contributed by atoms with Crippen molar-refractivity contribution in [3.05, 3.63) is 23.3 Å². The highest BCUT2D eigenvalue weighted by atomic mass is 32.2. The summed E-state index contributed by atoms with van der Waals surface area (Å²) in [7, 11) is -1.93. The van der Waals surface area contributed by atoms with Gasteiger partial charge in [0.25, 0.3) is 0 Å². The van der Waals surface area contributed by atoms with Crippen LogP contribution in [-0.2, 0) is 10.0 Å². The number of aliphatic hydroxyl groups excluding tert-OH is 1. The number of hydrogen-bond donors (Lipinski definition) is 2. The Hall–Kier alpha value is -1.11. The van der Waals surface area contributed by atoms with Crippen LogP contribution in [0.2, 0.25) is 0 Å². The molecule has 0 atom stereocenters. The molecule has 0 aliphatic rings. The van der Waals surface area contributed by atoms with Crippen molar-refractivity contribution in [1.82, 2.24) is 4.72 Å². The Labute approximate surface area is 127 Å². The Kier molecular flexibility index (Phi) is 7.14. The molecule has 0 fully saturated rings. The number of methoxy groups -OCH3 is 1. The molecule has 0 aromatic heterocycles. The monoisotopic (exact) mass is 315 g/mol. The fraction of sp³-hybridized carbons (Fsp3) is 0.600. The quantitative estimate of drug-likeness (QED) is 0.685. The molecule has 120 valence electrons. The largest absolute Gasteiger partial charge is 0.497 e. The smallest absolute Gasteiger partial charge is 0.241 e. The number of rotatable bonds is 9. The van der Waals surface area contributed by atoms with Crippen LogP contribution in [0.3, 0.4) is 0 Å². The molecular formula is C15H25NO4S. The lowest BCUT2D eigenvalue weighted by molar-refractivity contribution is 0.282. The molecule has 0 unspecified atom stereocenters. The van der Waals surface area contributed by atoms with E-state index in [0.717, 1.165) is 25.7 Å². The van der Waals surface area contributed by atoms with E-state index in [4.69, 9.17) is 9.84 Å². The van der Waals surface area contributed by atoms with Crippen molar-refractivity contribution in [2.24, 2.45) is 0 Å². The maximum absolute atomic E-state index is 12.4. The third kappa shape index (κ3) is 5.30. The Morgan fingerprint density at radius 2 is 1.67 bits per heavy atom. The number of benzene rings is 1. The van der Waals surface area contributed by atoms with E-state index in [1.54, 1.807) is 33.1 Å². The van der Waals surface area contributed by atoms with Gasteiger partial charge in [0.15, 0.2) is 0 Å². The molecule has 0 saturated heterocycles. The van der Waals surface area contributed by atoms with Crippen LogP contribution in [0.15, 0.2) is 17.0 Å². The fourth-order valence-corrected chi connectivity index (χ4v) is 3.84. The molecular weight excluding hydrogens is 290 g/mol. The van der Waals surface area contributed by atoms with E-state index in [9.17, 15) is 8.42 Å². The lowest BCUT2D eigenvalue weighted by Crippen LogP contribution is -2.26. The van der Waals surface area contributed by atoms with E-state index in [1.165, 1.54) is 0 Å². The highest BCUT2D eigenvalue weighted by molar-refractivity contribution is 7.89. The summed E-state index contributed by atoms with van der Waals surface area (Å²) in [4.78, 5) is 0.332. The summed E-state index contributed by atoms with van der Waals surface area (Å²) in [5.74, 6) is 0.660. The number of hydrogen-bond acceptors (Lipinski definition) is 4. The summed E-state index contributed by atoms with van der Waals surface area (Å²) in [6, 6.07) is 3.45. The summed E-state index contributed by atoms with van der Waals surface area (Å²) in [6.07, 6.45) is 3.36. The minimum absolute atomic E-state index is 0.190. The van der Waals surface area contributed by atoms with Gasteiger partial charge in [-0.05, 0) is 49.9 Å². The molecule has 5 nitrogen and oxygen atoms in total. The summed E-state index contributed by atoms with van der Waals surface area (Å²) < 4.78 is 32.5. The predicted octanol–water partition coefficient (Wildman–Crippen LogP) is 2.14. The average molecular weight is 315 g/mol. The van der Waals surface area contributed by atoms with Crippen LogP contribution in [0.4, 0.5) is 0 Å². The number of unbranched alkanes of at least 4 members (excludes halogenated alkanes) is 3. The number of sulfonamides is 1. The fourth-order valence-electron chi connectivity index (χ4n) is 2.32. The summed E-state index contributed by atoms with van der Waals surface area (Å²) in [5.41, 5.74) is 1.36. The van der Waals surface area contributed by atoms with Gasteiger partial charge in [-0.1, -0.05) is 12.8 Å². The van der Waals surface area contributed by atoms with Crippen LogP contribution in [0.25, 0.3) is 0 Å². The van der Waals surface area contributed by atoms with Crippen molar-refractivity contribution >= 4 is 10.0 Å². The molecule has 2 N–H and O–H groups in total. The maximum Gasteiger partial charge on any atom is 0.241 e. The van der Waals surface area contributed by atoms with E-state index in [-0.39, 0.29) is 6.61 Å². The number of aliphatic hydroxyl groups is 1. The molecule has 1 aromatic rings. The van der Waals surface area contributed by atoms with Crippen LogP contribution >= 0.6 is 0 Å². The highest BCUT2D eigenvalue weighted by Gasteiger charge is 2.19. The van der Waals surface area contributed by atoms with Crippen molar-refractivity contribution in [2.45, 2.75) is 44.4 Å². The van der Waals surface area contributed by atoms with Crippen LogP contribution in [-0.4, -0.2) is 33.8 Å². The molecule has 0 saturated carbocycles. The number of nitrogens with one attached hydrogen (secondary N) is 1. The molecule has 0 radical (unpaired) electrons. The van der Waals surface area contributed by atoms with E-state index in [1.807, 2.05) is 0 Å². The van der Waals surface area contributed by atoms with Crippen molar-refractivity contribution < 1.29 is 18.3 Å². The molecule has 0 aliphatic carbocycles. The zero-order chi connectivity index (χ0) is 15.9. The second-order valence-electron chi connectivity index (χ2n) is 5.13. The first-order valence-corrected chi connectivity index (χ1v) is 8.66. The van der Waals surface area contributed by atoms with Gasteiger partial charge in [-0.25, -0.2) is 13.1 Å². The normalized spacial score (nSPS) is 11.6. The van der Waals surface area contributed by atoms with Gasteiger partial charge in [-0.3, -0.25) is 0 Å². The lowest BCUT2D eigenvalue weighted by Gasteiger charge is -2.13. The minimum atomic E-state index is -3.49. The van der Waals surface area contributed by atoms with Crippen LogP contribution in [0.5, 0.6) is 5.75 Å². The molecule has 1 rings (SSSR count). The van der Waals surface area contributed by atoms with E-state index in [0.29, 0.717) is 28.3 Å². The first kappa shape index (κ1) is 17.9. The standard InChI is InChI=1S/C15H25NO4S/c1-12-10-14(20-3)11-13(2)15(12)21(18,19)16-8-6-4-5-7-9-17/h10-11,16-17H,4-9H2,1-3H3. The van der Waals surface area contributed by atoms with Gasteiger partial charge in [-0.2, -0.15) is 0 Å². The van der Waals surface area contributed by atoms with E-state index >= 15 is 0 Å². The molecule has 1 aromatic carbocycles. The summed E-state index contributed by atoms with van der Waals surface area (Å²) in [6.45, 7) is 4.14. The van der Waals surface area contributed by atoms with Crippen molar-refractivity contribution in [1.29, 1.82) is 0 Å². The van der Waals surface area contributed by atoms with Crippen LogP contribution in [0, 0.1) is 13.8 Å². The summed E-state index contributed by atoms with van der Waals surface area (Å²) in [5, 5.41) is 8.68. The second-order valence-corrected chi connectivity index (χ2v) is 6.83. The third-order valence-electron chi connectivity index (χ3n) is 3.32. The molecule has 0 spiro atoms. The van der Waals surface area contributed by atoms with E-state index in [2.05, 4.69) is 4.72 Å². The SMILES string of the molecule is COc1cc(C)c(S(=O)(=O)NCCCCCCO)c(C)c1. The van der Waals surface area contributed by atoms with Crippen molar-refractivity contribution in [3.63, 3.8) is 0 Å². The number of aryl methyl sites for hydroxylation is 2. The Balaban J connectivity index is 2.70. The first-order valence-electron chi connectivity index (χ1n) is 7.18. The molecule has 0 heterocycles. The van der Waals surface area contributed by atoms with Gasteiger partial charge >= 0.3 is 0 Å². The number of ether oxygens (including phenoxy) is 1. The minimum Gasteiger partial charge on any atom is -0.497 e. The molecule has 0 amide bonds. The van der Waals surface area contributed by atoms with Crippen LogP contribution in [0.1, 0.15) is 36.8 Å². The van der Waals surface area contributed by atoms with Gasteiger partial charge < -0.3 is 9.84 Å². The maximum atomic E-state index is 12.4. The zero-order valence-electron chi connectivity index (χ0n) is 13.0. The van der Waals surface area contributed by atoms with Gasteiger partial charge in [-0.15, -0.1) is 0 Å². The lowest BCUT2D eigenvalue weighted by atomic mass is 10.1. The first-order chi connectivity index (χ1) is 9.92. The third-order valence-corrected chi connectivity index (χ3v) is 5.08. The Morgan fingerprint density at radius 3 is 2.19 bits per heavy atom. The van der Waals surface area contributed by atoms with Gasteiger partial charge in [0, 0.05) is 13.2 Å². The molecule has 0 bridgehead atoms. The highest BCUT2D eigenvalue weighted by Crippen LogP contribution is 2.25. The predicted molar refractivity (Wildman–Crippen MR) is 83.2 cm³/mol. The second kappa shape index (κ2) is 8.36. The van der Waals surface area contributed by atoms with Gasteiger partial charge in [0.05, 0.1) is 12.0 Å². The molecule has 0 aliphatic heterocycles. The van der Waals surface area contributed by atoms with Gasteiger partial charge in [0.1, 0.15) is 5.75 Å². The Morgan fingerprint density at radius 1 is 1.10 bits per heavy atom. The van der Waals surface area contributed by atoms with Gasteiger partial charge in [0.2, 0.25) is 10.0 Å². The van der Waals surface area contributed by atoms with Crippen LogP contribution < -0.4 is 9.46 Å². The van der Waals surface area contributed by atoms with Crippen molar-refractivity contribution in [3.8, 4) is 5.75 Å². The zero-order valence-corrected chi connectivity index (χ0v) is 13.8. The van der Waals surface area contributed by atoms with Crippen molar-refractivity contribution in [2.75, 3.05) is 20.3 Å². The molecule has 21 heavy (non-hydrogen) atoms. The molecule has 6 heteroatoms. The average Bonchev–Trinajstić information content (AvgIpc) is 2.41. The Bertz CT molecular complexity index is 532.